The number of carbonyl (C=O) groups is 1. The van der Waals surface area contributed by atoms with Gasteiger partial charge >= 0.3 is 0 Å². The van der Waals surface area contributed by atoms with E-state index < -0.39 is 0 Å². The fourth-order valence-corrected chi connectivity index (χ4v) is 2.52. The van der Waals surface area contributed by atoms with Gasteiger partial charge in [0.2, 0.25) is 5.91 Å². The van der Waals surface area contributed by atoms with E-state index in [1.54, 1.807) is 18.4 Å². The normalized spacial score (nSPS) is 10.3. The number of methoxy groups -OCH3 is 1. The van der Waals surface area contributed by atoms with Gasteiger partial charge in [-0.2, -0.15) is 0 Å². The van der Waals surface area contributed by atoms with Crippen LogP contribution in [0.4, 0.5) is 0 Å². The molecule has 0 spiro atoms. The molecule has 0 saturated heterocycles. The first-order chi connectivity index (χ1) is 7.22. The molecular formula is C10H14BrNO2S. The number of hydrogen-bond acceptors (Lipinski definition) is 3. The Balaban J connectivity index is 2.16. The minimum Gasteiger partial charge on any atom is -0.385 e. The zero-order valence-electron chi connectivity index (χ0n) is 8.59. The number of ether oxygens (including phenoxy) is 1. The van der Waals surface area contributed by atoms with Gasteiger partial charge in [-0.3, -0.25) is 4.79 Å². The molecule has 3 nitrogen and oxygen atoms in total. The molecule has 0 unspecified atom stereocenters. The van der Waals surface area contributed by atoms with Crippen molar-refractivity contribution in [1.29, 1.82) is 0 Å². The Morgan fingerprint density at radius 1 is 1.60 bits per heavy atom. The lowest BCUT2D eigenvalue weighted by molar-refractivity contribution is -0.121. The van der Waals surface area contributed by atoms with Crippen molar-refractivity contribution in [1.82, 2.24) is 5.32 Å². The molecule has 1 rings (SSSR count). The molecule has 0 aromatic carbocycles. The van der Waals surface area contributed by atoms with Crippen molar-refractivity contribution < 1.29 is 9.53 Å². The van der Waals surface area contributed by atoms with Gasteiger partial charge < -0.3 is 10.1 Å². The van der Waals surface area contributed by atoms with Crippen LogP contribution < -0.4 is 5.32 Å². The average molecular weight is 292 g/mol. The first-order valence-electron chi connectivity index (χ1n) is 4.72. The minimum absolute atomic E-state index is 0.0802. The Morgan fingerprint density at radius 3 is 3.00 bits per heavy atom. The number of amides is 1. The summed E-state index contributed by atoms with van der Waals surface area (Å²) in [5, 5.41) is 2.87. The Labute approximate surface area is 102 Å². The van der Waals surface area contributed by atoms with Crippen molar-refractivity contribution in [3.8, 4) is 0 Å². The van der Waals surface area contributed by atoms with Crippen molar-refractivity contribution in [3.05, 3.63) is 20.8 Å². The van der Waals surface area contributed by atoms with E-state index >= 15 is 0 Å². The number of nitrogens with one attached hydrogen (secondary N) is 1. The summed E-state index contributed by atoms with van der Waals surface area (Å²) in [5.74, 6) is 0.0802. The molecule has 15 heavy (non-hydrogen) atoms. The standard InChI is InChI=1S/C10H14BrNO2S/c1-14-6-2-3-10(13)12-7-8-4-5-9(11)15-8/h4-5H,2-3,6-7H2,1H3,(H,12,13). The maximum atomic E-state index is 11.3. The van der Waals surface area contributed by atoms with Gasteiger partial charge in [0, 0.05) is 25.0 Å². The predicted octanol–water partition coefficient (Wildman–Crippen LogP) is 2.55. The molecule has 1 heterocycles. The second-order valence-corrected chi connectivity index (χ2v) is 5.63. The van der Waals surface area contributed by atoms with Crippen LogP contribution in [0.3, 0.4) is 0 Å². The fraction of sp³-hybridized carbons (Fsp3) is 0.500. The van der Waals surface area contributed by atoms with E-state index in [4.69, 9.17) is 4.74 Å². The largest absolute Gasteiger partial charge is 0.385 e. The zero-order chi connectivity index (χ0) is 11.1. The molecule has 1 aromatic rings. The number of halogens is 1. The first kappa shape index (κ1) is 12.7. The molecular weight excluding hydrogens is 278 g/mol. The molecule has 0 bridgehead atoms. The Bertz CT molecular complexity index is 314. The molecule has 1 N–H and O–H groups in total. The maximum Gasteiger partial charge on any atom is 0.220 e. The molecule has 0 aliphatic rings. The van der Waals surface area contributed by atoms with Crippen LogP contribution in [-0.2, 0) is 16.1 Å². The molecule has 0 fully saturated rings. The van der Waals surface area contributed by atoms with Crippen LogP contribution in [0.25, 0.3) is 0 Å². The van der Waals surface area contributed by atoms with Crippen LogP contribution in [-0.4, -0.2) is 19.6 Å². The molecule has 0 radical (unpaired) electrons. The predicted molar refractivity (Wildman–Crippen MR) is 65.0 cm³/mol. The summed E-state index contributed by atoms with van der Waals surface area (Å²) in [4.78, 5) is 12.5. The third-order valence-electron chi connectivity index (χ3n) is 1.84. The van der Waals surface area contributed by atoms with Crippen LogP contribution in [0.15, 0.2) is 15.9 Å². The number of hydrogen-bond donors (Lipinski definition) is 1. The molecule has 84 valence electrons. The lowest BCUT2D eigenvalue weighted by Crippen LogP contribution is -2.22. The summed E-state index contributed by atoms with van der Waals surface area (Å²) in [7, 11) is 1.64. The first-order valence-corrected chi connectivity index (χ1v) is 6.33. The SMILES string of the molecule is COCCCC(=O)NCc1ccc(Br)s1. The van der Waals surface area contributed by atoms with Crippen LogP contribution in [0, 0.1) is 0 Å². The van der Waals surface area contributed by atoms with Gasteiger partial charge in [-0.15, -0.1) is 11.3 Å². The molecule has 1 aromatic heterocycles. The summed E-state index contributed by atoms with van der Waals surface area (Å²) in [6, 6.07) is 3.99. The van der Waals surface area contributed by atoms with E-state index in [1.807, 2.05) is 12.1 Å². The quantitative estimate of drug-likeness (QED) is 0.818. The summed E-state index contributed by atoms with van der Waals surface area (Å²) in [6.07, 6.45) is 1.30. The lowest BCUT2D eigenvalue weighted by atomic mass is 10.3. The second-order valence-electron chi connectivity index (χ2n) is 3.08. The van der Waals surface area contributed by atoms with Gasteiger partial charge in [0.05, 0.1) is 10.3 Å². The summed E-state index contributed by atoms with van der Waals surface area (Å²) in [6.45, 7) is 1.25. The smallest absolute Gasteiger partial charge is 0.220 e. The molecule has 0 aliphatic heterocycles. The lowest BCUT2D eigenvalue weighted by Gasteiger charge is -2.02. The summed E-state index contributed by atoms with van der Waals surface area (Å²) in [5.41, 5.74) is 0. The molecule has 0 atom stereocenters. The fourth-order valence-electron chi connectivity index (χ4n) is 1.10. The Hall–Kier alpha value is -0.390. The second kappa shape index (κ2) is 6.98. The van der Waals surface area contributed by atoms with Crippen LogP contribution in [0.1, 0.15) is 17.7 Å². The van der Waals surface area contributed by atoms with Crippen molar-refractivity contribution in [2.24, 2.45) is 0 Å². The molecule has 0 saturated carbocycles. The van der Waals surface area contributed by atoms with Gasteiger partial charge in [0.15, 0.2) is 0 Å². The van der Waals surface area contributed by atoms with Gasteiger partial charge in [-0.05, 0) is 34.5 Å². The van der Waals surface area contributed by atoms with E-state index in [9.17, 15) is 4.79 Å². The van der Waals surface area contributed by atoms with E-state index in [0.29, 0.717) is 19.6 Å². The summed E-state index contributed by atoms with van der Waals surface area (Å²) >= 11 is 5.02. The third-order valence-corrected chi connectivity index (χ3v) is 3.46. The molecule has 5 heteroatoms. The van der Waals surface area contributed by atoms with E-state index in [1.165, 1.54) is 0 Å². The third kappa shape index (κ3) is 5.30. The number of carbonyl (C=O) groups excluding carboxylic acids is 1. The van der Waals surface area contributed by atoms with Gasteiger partial charge in [-0.1, -0.05) is 0 Å². The Morgan fingerprint density at radius 2 is 2.40 bits per heavy atom. The van der Waals surface area contributed by atoms with E-state index in [0.717, 1.165) is 15.1 Å². The van der Waals surface area contributed by atoms with Crippen LogP contribution in [0.5, 0.6) is 0 Å². The van der Waals surface area contributed by atoms with Crippen LogP contribution >= 0.6 is 27.3 Å². The van der Waals surface area contributed by atoms with Crippen LogP contribution in [0.2, 0.25) is 0 Å². The van der Waals surface area contributed by atoms with Gasteiger partial charge in [0.1, 0.15) is 0 Å². The number of rotatable bonds is 6. The highest BCUT2D eigenvalue weighted by Gasteiger charge is 2.02. The van der Waals surface area contributed by atoms with E-state index in [2.05, 4.69) is 21.2 Å². The van der Waals surface area contributed by atoms with Crippen molar-refractivity contribution in [3.63, 3.8) is 0 Å². The molecule has 1 amide bonds. The minimum atomic E-state index is 0.0802. The summed E-state index contributed by atoms with van der Waals surface area (Å²) < 4.78 is 5.96. The molecule has 0 aliphatic carbocycles. The van der Waals surface area contributed by atoms with Gasteiger partial charge in [-0.25, -0.2) is 0 Å². The van der Waals surface area contributed by atoms with Crippen molar-refractivity contribution >= 4 is 33.2 Å². The highest BCUT2D eigenvalue weighted by atomic mass is 79.9. The van der Waals surface area contributed by atoms with Gasteiger partial charge in [0.25, 0.3) is 0 Å². The monoisotopic (exact) mass is 291 g/mol. The zero-order valence-corrected chi connectivity index (χ0v) is 11.0. The average Bonchev–Trinajstić information content (AvgIpc) is 2.62. The topological polar surface area (TPSA) is 38.3 Å². The van der Waals surface area contributed by atoms with E-state index in [-0.39, 0.29) is 5.91 Å². The number of thiophene rings is 1. The Kier molecular flexibility index (Phi) is 5.90. The maximum absolute atomic E-state index is 11.3. The highest BCUT2D eigenvalue weighted by Crippen LogP contribution is 2.21. The van der Waals surface area contributed by atoms with Crippen molar-refractivity contribution in [2.45, 2.75) is 19.4 Å². The van der Waals surface area contributed by atoms with Crippen molar-refractivity contribution in [2.75, 3.05) is 13.7 Å². The highest BCUT2D eigenvalue weighted by molar-refractivity contribution is 9.11.